The molecule has 0 aromatic carbocycles. The van der Waals surface area contributed by atoms with Crippen LogP contribution in [0.1, 0.15) is 59.8 Å². The number of piperidine rings is 1. The number of hydrogen-bond donors (Lipinski definition) is 1. The molecule has 2 unspecified atom stereocenters. The monoisotopic (exact) mass is 588 g/mol. The molecular weight excluding hydrogens is 544 g/mol. The Morgan fingerprint density at radius 1 is 1.17 bits per heavy atom. The van der Waals surface area contributed by atoms with Gasteiger partial charge in [0.25, 0.3) is 0 Å². The second kappa shape index (κ2) is 14.4. The molecule has 0 saturated carbocycles. The Labute approximate surface area is 249 Å². The van der Waals surface area contributed by atoms with Crippen molar-refractivity contribution in [3.8, 4) is 11.8 Å². The first-order valence-electron chi connectivity index (χ1n) is 14.9. The van der Waals surface area contributed by atoms with Gasteiger partial charge in [0.05, 0.1) is 48.4 Å². The van der Waals surface area contributed by atoms with Gasteiger partial charge in [-0.05, 0) is 24.8 Å². The first-order valence-corrected chi connectivity index (χ1v) is 15.2. The number of ether oxygens (including phenoxy) is 3. The number of carbonyl (C=O) groups is 1. The molecule has 0 bridgehead atoms. The quantitative estimate of drug-likeness (QED) is 0.285. The van der Waals surface area contributed by atoms with Gasteiger partial charge < -0.3 is 29.1 Å². The second-order valence-electron chi connectivity index (χ2n) is 11.8. The van der Waals surface area contributed by atoms with Gasteiger partial charge in [-0.25, -0.2) is 9.97 Å². The van der Waals surface area contributed by atoms with E-state index in [2.05, 4.69) is 47.5 Å². The molecular formula is C31H45ClN4O5. The van der Waals surface area contributed by atoms with Crippen LogP contribution in [-0.4, -0.2) is 72.6 Å². The number of pyridine rings is 2. The molecule has 2 aliphatic rings. The summed E-state index contributed by atoms with van der Waals surface area (Å²) < 4.78 is 18.0. The van der Waals surface area contributed by atoms with E-state index in [0.29, 0.717) is 41.8 Å². The zero-order valence-corrected chi connectivity index (χ0v) is 25.7. The largest absolute Gasteiger partial charge is 0.481 e. The molecule has 0 radical (unpaired) electrons. The van der Waals surface area contributed by atoms with E-state index in [0.717, 1.165) is 50.1 Å². The van der Waals surface area contributed by atoms with Crippen molar-refractivity contribution >= 4 is 28.9 Å². The highest BCUT2D eigenvalue weighted by Crippen LogP contribution is 2.36. The van der Waals surface area contributed by atoms with Gasteiger partial charge >= 0.3 is 5.97 Å². The van der Waals surface area contributed by atoms with Gasteiger partial charge in [0.15, 0.2) is 0 Å². The Morgan fingerprint density at radius 2 is 1.95 bits per heavy atom. The van der Waals surface area contributed by atoms with Gasteiger partial charge in [0.1, 0.15) is 6.10 Å². The summed E-state index contributed by atoms with van der Waals surface area (Å²) in [6.07, 6.45) is 7.46. The number of methoxy groups -OCH3 is 1. The van der Waals surface area contributed by atoms with Crippen molar-refractivity contribution in [1.29, 1.82) is 0 Å². The number of hydrogen-bond acceptors (Lipinski definition) is 8. The van der Waals surface area contributed by atoms with E-state index >= 15 is 0 Å². The van der Waals surface area contributed by atoms with E-state index in [1.807, 2.05) is 18.2 Å². The second-order valence-corrected chi connectivity index (χ2v) is 12.2. The average molecular weight is 589 g/mol. The molecule has 10 heteroatoms. The lowest BCUT2D eigenvalue weighted by atomic mass is 9.87. The van der Waals surface area contributed by atoms with Gasteiger partial charge in [-0.1, -0.05) is 45.7 Å². The van der Waals surface area contributed by atoms with Crippen LogP contribution < -0.4 is 19.3 Å². The van der Waals surface area contributed by atoms with Crippen LogP contribution in [0.15, 0.2) is 30.6 Å². The predicted molar refractivity (Wildman–Crippen MR) is 161 cm³/mol. The first kappa shape index (κ1) is 31.2. The highest BCUT2D eigenvalue weighted by molar-refractivity contribution is 6.33. The first-order chi connectivity index (χ1) is 19.7. The molecule has 226 valence electrons. The fourth-order valence-corrected chi connectivity index (χ4v) is 6.35. The lowest BCUT2D eigenvalue weighted by Gasteiger charge is -2.40. The minimum absolute atomic E-state index is 0.00216. The summed E-state index contributed by atoms with van der Waals surface area (Å²) in [5, 5.41) is 10.2. The Morgan fingerprint density at radius 3 is 2.61 bits per heavy atom. The van der Waals surface area contributed by atoms with Crippen LogP contribution in [-0.2, 0) is 9.53 Å². The van der Waals surface area contributed by atoms with Crippen LogP contribution in [0.4, 0.5) is 11.4 Å². The molecule has 0 spiro atoms. The fourth-order valence-electron chi connectivity index (χ4n) is 6.13. The van der Waals surface area contributed by atoms with Crippen molar-refractivity contribution in [3.63, 3.8) is 0 Å². The molecule has 0 amide bonds. The predicted octanol–water partition coefficient (Wildman–Crippen LogP) is 5.94. The third-order valence-corrected chi connectivity index (χ3v) is 8.60. The maximum absolute atomic E-state index is 11.7. The Kier molecular flexibility index (Phi) is 10.9. The highest BCUT2D eigenvalue weighted by Gasteiger charge is 2.41. The number of nitrogens with zero attached hydrogens (tertiary/aromatic N) is 4. The smallest absolute Gasteiger partial charge is 0.305 e. The molecule has 2 saturated heterocycles. The topological polar surface area (TPSA) is 97.3 Å². The Bertz CT molecular complexity index is 1130. The van der Waals surface area contributed by atoms with Crippen molar-refractivity contribution in [2.24, 2.45) is 17.8 Å². The van der Waals surface area contributed by atoms with Gasteiger partial charge in [0, 0.05) is 62.7 Å². The van der Waals surface area contributed by atoms with E-state index in [9.17, 15) is 9.90 Å². The standard InChI is InChI=1S/C31H45ClN4O5/c1-6-7-12-40-28-19-36(25(21(28)4)15-31(37)38)23-8-9-29(33-16-23)41-27-10-11-35(18-22(27)13-20(2)3)26-14-30(39-5)34-17-24(26)32/h8-9,14,16-17,20-22,25,27-28H,6-7,10-13,15,18-19H2,1-5H3,(H,37,38)/t21-,22?,25-,27?,28-/m0/s1. The molecule has 0 aliphatic carbocycles. The van der Waals surface area contributed by atoms with Crippen molar-refractivity contribution in [3.05, 3.63) is 35.6 Å². The summed E-state index contributed by atoms with van der Waals surface area (Å²) in [5.41, 5.74) is 1.83. The molecule has 2 aromatic heterocycles. The zero-order valence-electron chi connectivity index (χ0n) is 25.0. The number of aromatic nitrogens is 2. The van der Waals surface area contributed by atoms with Crippen LogP contribution in [0.3, 0.4) is 0 Å². The molecule has 41 heavy (non-hydrogen) atoms. The van der Waals surface area contributed by atoms with Crippen LogP contribution in [0.25, 0.3) is 0 Å². The fraction of sp³-hybridized carbons (Fsp3) is 0.645. The maximum atomic E-state index is 11.7. The van der Waals surface area contributed by atoms with Crippen LogP contribution in [0.5, 0.6) is 11.8 Å². The molecule has 4 rings (SSSR count). The normalized spacial score (nSPS) is 24.6. The van der Waals surface area contributed by atoms with Crippen molar-refractivity contribution < 1.29 is 24.1 Å². The van der Waals surface area contributed by atoms with E-state index in [1.54, 1.807) is 19.5 Å². The lowest BCUT2D eigenvalue weighted by Crippen LogP contribution is -2.46. The third-order valence-electron chi connectivity index (χ3n) is 8.31. The van der Waals surface area contributed by atoms with Crippen molar-refractivity contribution in [2.75, 3.05) is 43.2 Å². The third kappa shape index (κ3) is 7.95. The summed E-state index contributed by atoms with van der Waals surface area (Å²) in [4.78, 5) is 25.0. The zero-order chi connectivity index (χ0) is 29.5. The van der Waals surface area contributed by atoms with Crippen molar-refractivity contribution in [2.45, 2.75) is 78.0 Å². The molecule has 1 N–H and O–H groups in total. The molecule has 4 heterocycles. The maximum Gasteiger partial charge on any atom is 0.305 e. The summed E-state index contributed by atoms with van der Waals surface area (Å²) >= 11 is 6.52. The lowest BCUT2D eigenvalue weighted by molar-refractivity contribution is -0.137. The number of aliphatic carboxylic acids is 1. The van der Waals surface area contributed by atoms with E-state index in [-0.39, 0.29) is 30.6 Å². The van der Waals surface area contributed by atoms with E-state index in [4.69, 9.17) is 25.8 Å². The van der Waals surface area contributed by atoms with Crippen molar-refractivity contribution in [1.82, 2.24) is 9.97 Å². The molecule has 2 fully saturated rings. The number of carboxylic acids is 1. The van der Waals surface area contributed by atoms with E-state index < -0.39 is 5.97 Å². The summed E-state index contributed by atoms with van der Waals surface area (Å²) in [5.74, 6) is 1.24. The number of anilines is 2. The summed E-state index contributed by atoms with van der Waals surface area (Å²) in [7, 11) is 1.61. The minimum Gasteiger partial charge on any atom is -0.481 e. The van der Waals surface area contributed by atoms with Gasteiger partial charge in [-0.3, -0.25) is 4.79 Å². The molecule has 9 nitrogen and oxygen atoms in total. The Balaban J connectivity index is 1.45. The number of carboxylic acid groups (broad SMARTS) is 1. The van der Waals surface area contributed by atoms with Crippen LogP contribution in [0.2, 0.25) is 5.02 Å². The number of unbranched alkanes of at least 4 members (excludes halogenated alkanes) is 1. The summed E-state index contributed by atoms with van der Waals surface area (Å²) in [6.45, 7) is 11.7. The van der Waals surface area contributed by atoms with Crippen LogP contribution in [0, 0.1) is 17.8 Å². The highest BCUT2D eigenvalue weighted by atomic mass is 35.5. The minimum atomic E-state index is -0.803. The number of rotatable bonds is 13. The Hall–Kier alpha value is -2.78. The number of halogens is 1. The molecule has 2 aromatic rings. The van der Waals surface area contributed by atoms with Gasteiger partial charge in [-0.2, -0.15) is 0 Å². The SMILES string of the molecule is CCCCO[C@H]1CN(c2ccc(OC3CCN(c4cc(OC)ncc4Cl)CC3CC(C)C)nc2)[C@@H](CC(=O)O)[C@@H]1C. The van der Waals surface area contributed by atoms with Crippen LogP contribution >= 0.6 is 11.6 Å². The van der Waals surface area contributed by atoms with Gasteiger partial charge in [-0.15, -0.1) is 0 Å². The molecule has 5 atom stereocenters. The van der Waals surface area contributed by atoms with Gasteiger partial charge in [0.2, 0.25) is 11.8 Å². The summed E-state index contributed by atoms with van der Waals surface area (Å²) in [6, 6.07) is 5.65. The van der Waals surface area contributed by atoms with E-state index in [1.165, 1.54) is 0 Å². The molecule has 2 aliphatic heterocycles. The average Bonchev–Trinajstić information content (AvgIpc) is 3.24.